The van der Waals surface area contributed by atoms with Crippen LogP contribution in [0.15, 0.2) is 48.5 Å². The first-order chi connectivity index (χ1) is 13.3. The van der Waals surface area contributed by atoms with Crippen LogP contribution in [0.5, 0.6) is 0 Å². The fourth-order valence-electron chi connectivity index (χ4n) is 3.14. The van der Waals surface area contributed by atoms with Gasteiger partial charge in [0.25, 0.3) is 11.8 Å². The lowest BCUT2D eigenvalue weighted by atomic mass is 10.1. The Bertz CT molecular complexity index is 883. The van der Waals surface area contributed by atoms with Gasteiger partial charge in [0.2, 0.25) is 0 Å². The molecule has 0 unspecified atom stereocenters. The molecule has 0 bridgehead atoms. The van der Waals surface area contributed by atoms with Crippen molar-refractivity contribution in [2.24, 2.45) is 0 Å². The van der Waals surface area contributed by atoms with E-state index in [9.17, 15) is 27.2 Å². The maximum Gasteiger partial charge on any atom is 0.416 e. The highest BCUT2D eigenvalue weighted by Gasteiger charge is 2.31. The zero-order chi connectivity index (χ0) is 20.3. The zero-order valence-electron chi connectivity index (χ0n) is 14.9. The lowest BCUT2D eigenvalue weighted by Crippen LogP contribution is -2.37. The van der Waals surface area contributed by atoms with Gasteiger partial charge in [0.05, 0.1) is 11.1 Å². The van der Waals surface area contributed by atoms with Crippen molar-refractivity contribution in [3.63, 3.8) is 0 Å². The normalized spacial score (nSPS) is 15.3. The van der Waals surface area contributed by atoms with Crippen molar-refractivity contribution in [3.8, 4) is 0 Å². The number of halogens is 4. The van der Waals surface area contributed by atoms with Crippen molar-refractivity contribution in [3.05, 3.63) is 71.0 Å². The Balaban J connectivity index is 1.71. The largest absolute Gasteiger partial charge is 0.416 e. The molecule has 28 heavy (non-hydrogen) atoms. The summed E-state index contributed by atoms with van der Waals surface area (Å²) in [5, 5.41) is 0. The van der Waals surface area contributed by atoms with Crippen molar-refractivity contribution in [2.45, 2.75) is 12.6 Å². The summed E-state index contributed by atoms with van der Waals surface area (Å²) in [6.45, 7) is 0.975. The van der Waals surface area contributed by atoms with Crippen molar-refractivity contribution >= 4 is 11.8 Å². The molecule has 8 heteroatoms. The quantitative estimate of drug-likeness (QED) is 0.727. The van der Waals surface area contributed by atoms with E-state index in [0.717, 1.165) is 12.1 Å². The van der Waals surface area contributed by atoms with Crippen LogP contribution in [-0.2, 0) is 6.18 Å². The van der Waals surface area contributed by atoms with Crippen molar-refractivity contribution in [1.82, 2.24) is 9.80 Å². The monoisotopic (exact) mass is 394 g/mol. The molecule has 1 aliphatic rings. The van der Waals surface area contributed by atoms with E-state index in [0.29, 0.717) is 19.5 Å². The van der Waals surface area contributed by atoms with Gasteiger partial charge in [-0.15, -0.1) is 0 Å². The molecule has 1 aliphatic heterocycles. The average Bonchev–Trinajstić information content (AvgIpc) is 2.93. The van der Waals surface area contributed by atoms with E-state index < -0.39 is 29.4 Å². The third-order valence-electron chi connectivity index (χ3n) is 4.61. The standard InChI is InChI=1S/C20H18F4N2O2/c21-17-8-2-1-7-16(17)19(28)26-10-4-9-25(11-12-26)18(27)14-5-3-6-15(13-14)20(22,23)24/h1-3,5-8,13H,4,9-12H2. The van der Waals surface area contributed by atoms with Gasteiger partial charge in [-0.3, -0.25) is 9.59 Å². The van der Waals surface area contributed by atoms with Gasteiger partial charge >= 0.3 is 6.18 Å². The van der Waals surface area contributed by atoms with Gasteiger partial charge < -0.3 is 9.80 Å². The summed E-state index contributed by atoms with van der Waals surface area (Å²) >= 11 is 0. The van der Waals surface area contributed by atoms with Crippen LogP contribution in [0.3, 0.4) is 0 Å². The van der Waals surface area contributed by atoms with Gasteiger partial charge in [-0.1, -0.05) is 18.2 Å². The number of carbonyl (C=O) groups is 2. The number of amides is 2. The van der Waals surface area contributed by atoms with Gasteiger partial charge in [-0.05, 0) is 36.8 Å². The van der Waals surface area contributed by atoms with Crippen molar-refractivity contribution < 1.29 is 27.2 Å². The van der Waals surface area contributed by atoms with Crippen LogP contribution in [0.25, 0.3) is 0 Å². The summed E-state index contributed by atoms with van der Waals surface area (Å²) in [5.41, 5.74) is -0.978. The topological polar surface area (TPSA) is 40.6 Å². The molecule has 148 valence electrons. The van der Waals surface area contributed by atoms with E-state index in [-0.39, 0.29) is 24.2 Å². The Hall–Kier alpha value is -2.90. The van der Waals surface area contributed by atoms with Gasteiger partial charge in [-0.2, -0.15) is 13.2 Å². The zero-order valence-corrected chi connectivity index (χ0v) is 14.9. The number of carbonyl (C=O) groups excluding carboxylic acids is 2. The highest BCUT2D eigenvalue weighted by atomic mass is 19.4. The predicted octanol–water partition coefficient (Wildman–Crippen LogP) is 3.83. The molecule has 1 heterocycles. The third kappa shape index (κ3) is 4.32. The molecule has 2 aromatic carbocycles. The molecular weight excluding hydrogens is 376 g/mol. The molecule has 0 aromatic heterocycles. The van der Waals surface area contributed by atoms with Crippen LogP contribution in [0.1, 0.15) is 32.7 Å². The Morgan fingerprint density at radius 2 is 1.46 bits per heavy atom. The van der Waals surface area contributed by atoms with E-state index in [2.05, 4.69) is 0 Å². The summed E-state index contributed by atoms with van der Waals surface area (Å²) in [6.07, 6.45) is -4.08. The van der Waals surface area contributed by atoms with Crippen LogP contribution in [0.4, 0.5) is 17.6 Å². The second-order valence-corrected chi connectivity index (χ2v) is 6.50. The summed E-state index contributed by atoms with van der Waals surface area (Å²) in [4.78, 5) is 28.0. The van der Waals surface area contributed by atoms with Gasteiger partial charge in [0, 0.05) is 31.7 Å². The van der Waals surface area contributed by atoms with E-state index in [1.165, 1.54) is 40.1 Å². The van der Waals surface area contributed by atoms with Gasteiger partial charge in [0.15, 0.2) is 0 Å². The summed E-state index contributed by atoms with van der Waals surface area (Å²) in [7, 11) is 0. The molecule has 0 spiro atoms. The second kappa shape index (κ2) is 8.00. The maximum absolute atomic E-state index is 13.9. The molecule has 2 aromatic rings. The number of nitrogens with zero attached hydrogens (tertiary/aromatic N) is 2. The lowest BCUT2D eigenvalue weighted by molar-refractivity contribution is -0.137. The van der Waals surface area contributed by atoms with Crippen LogP contribution in [0, 0.1) is 5.82 Å². The van der Waals surface area contributed by atoms with Crippen LogP contribution < -0.4 is 0 Å². The first-order valence-corrected chi connectivity index (χ1v) is 8.78. The molecule has 1 saturated heterocycles. The molecule has 0 radical (unpaired) electrons. The van der Waals surface area contributed by atoms with E-state index >= 15 is 0 Å². The number of rotatable bonds is 2. The fraction of sp³-hybridized carbons (Fsp3) is 0.300. The first-order valence-electron chi connectivity index (χ1n) is 8.78. The van der Waals surface area contributed by atoms with Gasteiger partial charge in [-0.25, -0.2) is 4.39 Å². The smallest absolute Gasteiger partial charge is 0.337 e. The molecule has 0 atom stereocenters. The molecule has 0 aliphatic carbocycles. The fourth-order valence-corrected chi connectivity index (χ4v) is 3.14. The third-order valence-corrected chi connectivity index (χ3v) is 4.61. The summed E-state index contributed by atoms with van der Waals surface area (Å²) in [5.74, 6) is -1.61. The minimum Gasteiger partial charge on any atom is -0.337 e. The summed E-state index contributed by atoms with van der Waals surface area (Å²) < 4.78 is 52.5. The number of benzene rings is 2. The van der Waals surface area contributed by atoms with Crippen LogP contribution in [-0.4, -0.2) is 47.8 Å². The second-order valence-electron chi connectivity index (χ2n) is 6.50. The number of alkyl halides is 3. The molecule has 1 fully saturated rings. The predicted molar refractivity (Wildman–Crippen MR) is 94.3 cm³/mol. The molecule has 3 rings (SSSR count). The number of hydrogen-bond acceptors (Lipinski definition) is 2. The molecule has 0 saturated carbocycles. The van der Waals surface area contributed by atoms with Crippen LogP contribution in [0.2, 0.25) is 0 Å². The minimum absolute atomic E-state index is 0.0415. The lowest BCUT2D eigenvalue weighted by Gasteiger charge is -2.22. The molecular formula is C20H18F4N2O2. The molecule has 0 N–H and O–H groups in total. The number of hydrogen-bond donors (Lipinski definition) is 0. The Kier molecular flexibility index (Phi) is 5.67. The highest BCUT2D eigenvalue weighted by Crippen LogP contribution is 2.29. The van der Waals surface area contributed by atoms with Crippen LogP contribution >= 0.6 is 0 Å². The van der Waals surface area contributed by atoms with Crippen molar-refractivity contribution in [2.75, 3.05) is 26.2 Å². The Labute approximate surface area is 159 Å². The van der Waals surface area contributed by atoms with Gasteiger partial charge in [0.1, 0.15) is 5.82 Å². The van der Waals surface area contributed by atoms with E-state index in [1.807, 2.05) is 0 Å². The SMILES string of the molecule is O=C(c1cccc(C(F)(F)F)c1)N1CCCN(C(=O)c2ccccc2F)CC1. The highest BCUT2D eigenvalue weighted by molar-refractivity contribution is 5.95. The molecule has 2 amide bonds. The average molecular weight is 394 g/mol. The Morgan fingerprint density at radius 1 is 0.821 bits per heavy atom. The van der Waals surface area contributed by atoms with E-state index in [4.69, 9.17) is 0 Å². The first kappa shape index (κ1) is 19.9. The van der Waals surface area contributed by atoms with E-state index in [1.54, 1.807) is 6.07 Å². The summed E-state index contributed by atoms with van der Waals surface area (Å²) in [6, 6.07) is 9.93. The Morgan fingerprint density at radius 3 is 2.11 bits per heavy atom. The van der Waals surface area contributed by atoms with Crippen molar-refractivity contribution in [1.29, 1.82) is 0 Å². The minimum atomic E-state index is -4.53. The maximum atomic E-state index is 13.9. The molecule has 4 nitrogen and oxygen atoms in total.